The van der Waals surface area contributed by atoms with Crippen LogP contribution in [-0.4, -0.2) is 32.4 Å². The van der Waals surface area contributed by atoms with Crippen LogP contribution in [0.25, 0.3) is 0 Å². The number of thiazole rings is 1. The Bertz CT molecular complexity index is 445. The van der Waals surface area contributed by atoms with Gasteiger partial charge in [0.05, 0.1) is 5.69 Å². The molecule has 1 aromatic rings. The first kappa shape index (κ1) is 15.9. The molecule has 1 fully saturated rings. The Morgan fingerprint density at radius 3 is 2.50 bits per heavy atom. The lowest BCUT2D eigenvalue weighted by Gasteiger charge is -2.34. The summed E-state index contributed by atoms with van der Waals surface area (Å²) in [6.45, 7) is 9.01. The highest BCUT2D eigenvalue weighted by Gasteiger charge is 2.39. The van der Waals surface area contributed by atoms with Crippen LogP contribution in [0.2, 0.25) is 0 Å². The van der Waals surface area contributed by atoms with Gasteiger partial charge in [-0.1, -0.05) is 20.8 Å². The number of nitrogens with zero attached hydrogens (tertiary/aromatic N) is 1. The van der Waals surface area contributed by atoms with E-state index in [0.717, 1.165) is 37.6 Å². The van der Waals surface area contributed by atoms with Crippen molar-refractivity contribution in [3.63, 3.8) is 0 Å². The second-order valence-corrected chi connectivity index (χ2v) is 7.47. The molecule has 0 aromatic carbocycles. The first-order chi connectivity index (χ1) is 9.43. The van der Waals surface area contributed by atoms with Crippen LogP contribution < -0.4 is 5.32 Å². The molecular formula is C15H26N2O2S. The van der Waals surface area contributed by atoms with Gasteiger partial charge in [0.1, 0.15) is 10.6 Å². The van der Waals surface area contributed by atoms with E-state index in [9.17, 15) is 0 Å². The first-order valence-electron chi connectivity index (χ1n) is 7.21. The Morgan fingerprint density at radius 1 is 1.35 bits per heavy atom. The van der Waals surface area contributed by atoms with E-state index in [1.807, 2.05) is 7.05 Å². The molecule has 0 unspecified atom stereocenters. The van der Waals surface area contributed by atoms with E-state index >= 15 is 0 Å². The van der Waals surface area contributed by atoms with Gasteiger partial charge >= 0.3 is 0 Å². The van der Waals surface area contributed by atoms with Gasteiger partial charge in [-0.2, -0.15) is 0 Å². The minimum atomic E-state index is -0.255. The van der Waals surface area contributed by atoms with Gasteiger partial charge < -0.3 is 14.8 Å². The van der Waals surface area contributed by atoms with Gasteiger partial charge in [0.2, 0.25) is 0 Å². The summed E-state index contributed by atoms with van der Waals surface area (Å²) >= 11 is 1.79. The van der Waals surface area contributed by atoms with Crippen molar-refractivity contribution in [2.24, 2.45) is 0 Å². The van der Waals surface area contributed by atoms with Crippen molar-refractivity contribution in [2.75, 3.05) is 27.4 Å². The van der Waals surface area contributed by atoms with Crippen LogP contribution in [0.1, 0.15) is 49.2 Å². The van der Waals surface area contributed by atoms with E-state index in [4.69, 9.17) is 14.5 Å². The third-order valence-corrected chi connectivity index (χ3v) is 5.07. The van der Waals surface area contributed by atoms with Crippen LogP contribution in [0.3, 0.4) is 0 Å². The fourth-order valence-electron chi connectivity index (χ4n) is 2.62. The average molecular weight is 298 g/mol. The quantitative estimate of drug-likeness (QED) is 0.928. The van der Waals surface area contributed by atoms with E-state index in [1.165, 1.54) is 10.6 Å². The topological polar surface area (TPSA) is 43.4 Å². The second-order valence-electron chi connectivity index (χ2n) is 6.38. The van der Waals surface area contributed by atoms with Gasteiger partial charge in [0, 0.05) is 50.0 Å². The zero-order chi connectivity index (χ0) is 14.8. The van der Waals surface area contributed by atoms with Crippen molar-refractivity contribution in [3.8, 4) is 0 Å². The lowest BCUT2D eigenvalue weighted by atomic mass is 9.90. The van der Waals surface area contributed by atoms with Crippen molar-refractivity contribution < 1.29 is 9.47 Å². The van der Waals surface area contributed by atoms with E-state index in [2.05, 4.69) is 26.1 Å². The highest BCUT2D eigenvalue weighted by molar-refractivity contribution is 7.11. The molecule has 0 bridgehead atoms. The molecule has 1 aliphatic rings. The SMILES string of the molecule is CNCc1sc(C2(OC)CCOCC2)nc1C(C)(C)C. The summed E-state index contributed by atoms with van der Waals surface area (Å²) in [6, 6.07) is 0. The molecule has 0 saturated carbocycles. The van der Waals surface area contributed by atoms with Crippen LogP contribution in [0.4, 0.5) is 0 Å². The lowest BCUT2D eigenvalue weighted by Crippen LogP contribution is -2.35. The van der Waals surface area contributed by atoms with E-state index in [-0.39, 0.29) is 11.0 Å². The van der Waals surface area contributed by atoms with Crippen LogP contribution in [0.5, 0.6) is 0 Å². The van der Waals surface area contributed by atoms with Crippen LogP contribution in [-0.2, 0) is 27.0 Å². The molecule has 0 aliphatic carbocycles. The van der Waals surface area contributed by atoms with Gasteiger partial charge in [-0.05, 0) is 7.05 Å². The third-order valence-electron chi connectivity index (χ3n) is 3.83. The number of hydrogen-bond acceptors (Lipinski definition) is 5. The number of rotatable bonds is 4. The van der Waals surface area contributed by atoms with Gasteiger partial charge in [-0.15, -0.1) is 11.3 Å². The summed E-state index contributed by atoms with van der Waals surface area (Å²) in [5.74, 6) is 0. The smallest absolute Gasteiger partial charge is 0.125 e. The maximum Gasteiger partial charge on any atom is 0.125 e. The summed E-state index contributed by atoms with van der Waals surface area (Å²) in [7, 11) is 3.77. The molecule has 114 valence electrons. The van der Waals surface area contributed by atoms with Gasteiger partial charge in [0.15, 0.2) is 0 Å². The van der Waals surface area contributed by atoms with Crippen molar-refractivity contribution in [1.82, 2.24) is 10.3 Å². The zero-order valence-electron chi connectivity index (χ0n) is 13.2. The molecule has 2 rings (SSSR count). The first-order valence-corrected chi connectivity index (χ1v) is 8.03. The minimum Gasteiger partial charge on any atom is -0.381 e. The highest BCUT2D eigenvalue weighted by atomic mass is 32.1. The van der Waals surface area contributed by atoms with Crippen LogP contribution in [0, 0.1) is 0 Å². The second kappa shape index (κ2) is 6.10. The predicted molar refractivity (Wildman–Crippen MR) is 82.3 cm³/mol. The van der Waals surface area contributed by atoms with Crippen LogP contribution >= 0.6 is 11.3 Å². The van der Waals surface area contributed by atoms with Gasteiger partial charge in [0.25, 0.3) is 0 Å². The molecule has 20 heavy (non-hydrogen) atoms. The number of hydrogen-bond donors (Lipinski definition) is 1. The van der Waals surface area contributed by atoms with Crippen LogP contribution in [0.15, 0.2) is 0 Å². The minimum absolute atomic E-state index is 0.0566. The third kappa shape index (κ3) is 3.06. The maximum absolute atomic E-state index is 5.87. The standard InChI is InChI=1S/C15H26N2O2S/c1-14(2,3)12-11(10-16-4)20-13(17-12)15(18-5)6-8-19-9-7-15/h16H,6-10H2,1-5H3. The molecule has 0 atom stereocenters. The highest BCUT2D eigenvalue weighted by Crippen LogP contribution is 2.41. The van der Waals surface area contributed by atoms with Gasteiger partial charge in [-0.25, -0.2) is 4.98 Å². The Labute approximate surface area is 125 Å². The Hall–Kier alpha value is -0.490. The van der Waals surface area contributed by atoms with E-state index in [1.54, 1.807) is 18.4 Å². The molecule has 2 heterocycles. The maximum atomic E-state index is 5.87. The molecular weight excluding hydrogens is 272 g/mol. The number of aromatic nitrogens is 1. The molecule has 0 radical (unpaired) electrons. The Morgan fingerprint density at radius 2 is 2.00 bits per heavy atom. The largest absolute Gasteiger partial charge is 0.381 e. The van der Waals surface area contributed by atoms with E-state index in [0.29, 0.717) is 0 Å². The van der Waals surface area contributed by atoms with Gasteiger partial charge in [-0.3, -0.25) is 0 Å². The molecule has 1 N–H and O–H groups in total. The zero-order valence-corrected chi connectivity index (χ0v) is 14.0. The fraction of sp³-hybridized carbons (Fsp3) is 0.800. The molecule has 0 amide bonds. The monoisotopic (exact) mass is 298 g/mol. The summed E-state index contributed by atoms with van der Waals surface area (Å²) in [6.07, 6.45) is 1.78. The molecule has 1 aliphatic heterocycles. The summed E-state index contributed by atoms with van der Waals surface area (Å²) in [4.78, 5) is 6.28. The normalized spacial score (nSPS) is 19.2. The van der Waals surface area contributed by atoms with Crippen molar-refractivity contribution in [3.05, 3.63) is 15.6 Å². The van der Waals surface area contributed by atoms with Crippen molar-refractivity contribution >= 4 is 11.3 Å². The molecule has 0 spiro atoms. The average Bonchev–Trinajstić information content (AvgIpc) is 2.84. The lowest BCUT2D eigenvalue weighted by molar-refractivity contribution is -0.0949. The van der Waals surface area contributed by atoms with E-state index < -0.39 is 0 Å². The fourth-order valence-corrected chi connectivity index (χ4v) is 4.13. The molecule has 1 aromatic heterocycles. The number of nitrogens with one attached hydrogen (secondary N) is 1. The summed E-state index contributed by atoms with van der Waals surface area (Å²) in [5.41, 5.74) is 0.991. The molecule has 1 saturated heterocycles. The Kier molecular flexibility index (Phi) is 4.84. The van der Waals surface area contributed by atoms with Crippen molar-refractivity contribution in [1.29, 1.82) is 0 Å². The Balaban J connectivity index is 2.41. The number of methoxy groups -OCH3 is 1. The summed E-state index contributed by atoms with van der Waals surface area (Å²) in [5, 5.41) is 4.36. The number of ether oxygens (including phenoxy) is 2. The van der Waals surface area contributed by atoms with Crippen molar-refractivity contribution in [2.45, 2.75) is 51.2 Å². The molecule has 5 heteroatoms. The predicted octanol–water partition coefficient (Wildman–Crippen LogP) is 2.81. The molecule has 4 nitrogen and oxygen atoms in total. The summed E-state index contributed by atoms with van der Waals surface area (Å²) < 4.78 is 11.4.